The van der Waals surface area contributed by atoms with Gasteiger partial charge >= 0.3 is 0 Å². The molecule has 2 aromatic rings. The lowest BCUT2D eigenvalue weighted by molar-refractivity contribution is 0.721. The second-order valence-electron chi connectivity index (χ2n) is 3.91. The van der Waals surface area contributed by atoms with Crippen LogP contribution in [-0.4, -0.2) is 15.2 Å². The first-order valence-electron chi connectivity index (χ1n) is 5.17. The quantitative estimate of drug-likeness (QED) is 0.676. The fraction of sp³-hybridized carbons (Fsp3) is 0.273. The van der Waals surface area contributed by atoms with Crippen LogP contribution in [0.2, 0.25) is 0 Å². The van der Waals surface area contributed by atoms with Crippen molar-refractivity contribution in [2.75, 3.05) is 11.5 Å². The van der Waals surface area contributed by atoms with Crippen LogP contribution in [0.15, 0.2) is 24.3 Å². The van der Waals surface area contributed by atoms with Crippen molar-refractivity contribution >= 4 is 11.6 Å². The van der Waals surface area contributed by atoms with Crippen LogP contribution in [-0.2, 0) is 6.42 Å². The van der Waals surface area contributed by atoms with Crippen LogP contribution in [0.25, 0.3) is 0 Å². The largest absolute Gasteiger partial charge is 0.399 e. The fourth-order valence-corrected chi connectivity index (χ4v) is 1.63. The highest BCUT2D eigenvalue weighted by Gasteiger charge is 2.09. The number of hydrogen-bond donors (Lipinski definition) is 3. The Morgan fingerprint density at radius 2 is 1.94 bits per heavy atom. The standard InChI is InChI=1S/C11H15N5/c1-7(6-10-14-11(13)16-15-10)8-2-4-9(12)5-3-8/h2-5,7H,6,12H2,1H3,(H3,13,14,15,16). The molecular weight excluding hydrogens is 202 g/mol. The van der Waals surface area contributed by atoms with Gasteiger partial charge in [-0.05, 0) is 23.6 Å². The Kier molecular flexibility index (Phi) is 2.76. The Hall–Kier alpha value is -2.04. The van der Waals surface area contributed by atoms with Gasteiger partial charge < -0.3 is 11.5 Å². The second kappa shape index (κ2) is 4.22. The number of hydrogen-bond acceptors (Lipinski definition) is 4. The molecule has 1 aromatic carbocycles. The Balaban J connectivity index is 2.08. The predicted molar refractivity (Wildman–Crippen MR) is 63.8 cm³/mol. The van der Waals surface area contributed by atoms with Crippen LogP contribution in [0.5, 0.6) is 0 Å². The normalized spacial score (nSPS) is 12.6. The third-order valence-electron chi connectivity index (χ3n) is 2.55. The molecule has 0 aliphatic rings. The molecule has 84 valence electrons. The molecular formula is C11H15N5. The van der Waals surface area contributed by atoms with Gasteiger partial charge in [-0.2, -0.15) is 4.98 Å². The minimum absolute atomic E-state index is 0.291. The molecule has 0 saturated heterocycles. The number of H-pyrrole nitrogens is 1. The molecule has 0 aliphatic carbocycles. The highest BCUT2D eigenvalue weighted by molar-refractivity contribution is 5.40. The van der Waals surface area contributed by atoms with Gasteiger partial charge in [0.1, 0.15) is 5.82 Å². The van der Waals surface area contributed by atoms with Crippen molar-refractivity contribution in [3.05, 3.63) is 35.7 Å². The zero-order chi connectivity index (χ0) is 11.5. The molecule has 0 amide bonds. The third-order valence-corrected chi connectivity index (χ3v) is 2.55. The lowest BCUT2D eigenvalue weighted by atomic mass is 9.97. The molecule has 0 radical (unpaired) electrons. The SMILES string of the molecule is CC(Cc1nc(N)n[nH]1)c1ccc(N)cc1. The number of anilines is 2. The Morgan fingerprint density at radius 1 is 1.25 bits per heavy atom. The molecule has 5 N–H and O–H groups in total. The van der Waals surface area contributed by atoms with Gasteiger partial charge in [0.15, 0.2) is 0 Å². The highest BCUT2D eigenvalue weighted by Crippen LogP contribution is 2.19. The van der Waals surface area contributed by atoms with Gasteiger partial charge in [0.25, 0.3) is 0 Å². The van der Waals surface area contributed by atoms with Crippen LogP contribution in [0, 0.1) is 0 Å². The van der Waals surface area contributed by atoms with Crippen LogP contribution >= 0.6 is 0 Å². The summed E-state index contributed by atoms with van der Waals surface area (Å²) in [5, 5.41) is 6.61. The highest BCUT2D eigenvalue weighted by atomic mass is 15.3. The number of nitrogens with two attached hydrogens (primary N) is 2. The molecule has 1 aromatic heterocycles. The van der Waals surface area contributed by atoms with E-state index in [1.54, 1.807) is 0 Å². The van der Waals surface area contributed by atoms with Crippen molar-refractivity contribution < 1.29 is 0 Å². The summed E-state index contributed by atoms with van der Waals surface area (Å²) >= 11 is 0. The summed E-state index contributed by atoms with van der Waals surface area (Å²) in [6.45, 7) is 2.13. The molecule has 5 heteroatoms. The zero-order valence-corrected chi connectivity index (χ0v) is 9.14. The molecule has 2 rings (SSSR count). The van der Waals surface area contributed by atoms with Crippen LogP contribution in [0.4, 0.5) is 11.6 Å². The number of aromatic amines is 1. The second-order valence-corrected chi connectivity index (χ2v) is 3.91. The molecule has 0 saturated carbocycles. The Bertz CT molecular complexity index is 459. The van der Waals surface area contributed by atoms with Gasteiger partial charge in [-0.3, -0.25) is 5.10 Å². The molecule has 1 heterocycles. The maximum absolute atomic E-state index is 5.64. The molecule has 5 nitrogen and oxygen atoms in total. The van der Waals surface area contributed by atoms with Gasteiger partial charge in [0, 0.05) is 12.1 Å². The summed E-state index contributed by atoms with van der Waals surface area (Å²) in [6, 6.07) is 7.86. The van der Waals surface area contributed by atoms with Gasteiger partial charge in [-0.1, -0.05) is 19.1 Å². The average Bonchev–Trinajstić information content (AvgIpc) is 2.65. The summed E-state index contributed by atoms with van der Waals surface area (Å²) in [6.07, 6.45) is 0.786. The molecule has 0 aliphatic heterocycles. The zero-order valence-electron chi connectivity index (χ0n) is 9.14. The van der Waals surface area contributed by atoms with E-state index in [-0.39, 0.29) is 0 Å². The summed E-state index contributed by atoms with van der Waals surface area (Å²) in [5.41, 5.74) is 13.1. The monoisotopic (exact) mass is 217 g/mol. The first-order valence-corrected chi connectivity index (χ1v) is 5.17. The third kappa shape index (κ3) is 2.31. The number of nitrogen functional groups attached to an aromatic ring is 2. The van der Waals surface area contributed by atoms with Crippen molar-refractivity contribution in [3.8, 4) is 0 Å². The van der Waals surface area contributed by atoms with E-state index in [0.29, 0.717) is 11.9 Å². The number of aromatic nitrogens is 3. The summed E-state index contributed by atoms with van der Waals surface area (Å²) in [4.78, 5) is 4.08. The summed E-state index contributed by atoms with van der Waals surface area (Å²) < 4.78 is 0. The molecule has 0 bridgehead atoms. The first kappa shape index (κ1) is 10.5. The van der Waals surface area contributed by atoms with Gasteiger partial charge in [-0.15, -0.1) is 5.10 Å². The first-order chi connectivity index (χ1) is 7.65. The summed E-state index contributed by atoms with van der Waals surface area (Å²) in [5.74, 6) is 1.45. The lowest BCUT2D eigenvalue weighted by Gasteiger charge is -2.09. The van der Waals surface area contributed by atoms with E-state index >= 15 is 0 Å². The van der Waals surface area contributed by atoms with E-state index in [0.717, 1.165) is 17.9 Å². The maximum Gasteiger partial charge on any atom is 0.239 e. The number of nitrogens with one attached hydrogen (secondary N) is 1. The maximum atomic E-state index is 5.64. The molecule has 1 atom stereocenters. The average molecular weight is 217 g/mol. The van der Waals surface area contributed by atoms with Crippen LogP contribution in [0.1, 0.15) is 24.2 Å². The van der Waals surface area contributed by atoms with E-state index in [4.69, 9.17) is 11.5 Å². The van der Waals surface area contributed by atoms with Crippen molar-refractivity contribution in [3.63, 3.8) is 0 Å². The molecule has 0 spiro atoms. The van der Waals surface area contributed by atoms with Crippen molar-refractivity contribution in [1.29, 1.82) is 0 Å². The molecule has 1 unspecified atom stereocenters. The van der Waals surface area contributed by atoms with Crippen molar-refractivity contribution in [1.82, 2.24) is 15.2 Å². The lowest BCUT2D eigenvalue weighted by Crippen LogP contribution is -2.00. The van der Waals surface area contributed by atoms with Gasteiger partial charge in [0.2, 0.25) is 5.95 Å². The fourth-order valence-electron chi connectivity index (χ4n) is 1.63. The predicted octanol–water partition coefficient (Wildman–Crippen LogP) is 1.32. The van der Waals surface area contributed by atoms with E-state index in [1.807, 2.05) is 24.3 Å². The Labute approximate surface area is 93.9 Å². The Morgan fingerprint density at radius 3 is 2.50 bits per heavy atom. The van der Waals surface area contributed by atoms with Crippen molar-refractivity contribution in [2.45, 2.75) is 19.3 Å². The smallest absolute Gasteiger partial charge is 0.239 e. The number of benzene rings is 1. The van der Waals surface area contributed by atoms with Crippen LogP contribution < -0.4 is 11.5 Å². The minimum atomic E-state index is 0.291. The number of nitrogens with zero attached hydrogens (tertiary/aromatic N) is 2. The van der Waals surface area contributed by atoms with Gasteiger partial charge in [0.05, 0.1) is 0 Å². The molecule has 0 fully saturated rings. The van der Waals surface area contributed by atoms with Crippen molar-refractivity contribution in [2.24, 2.45) is 0 Å². The van der Waals surface area contributed by atoms with E-state index in [1.165, 1.54) is 5.56 Å². The minimum Gasteiger partial charge on any atom is -0.399 e. The topological polar surface area (TPSA) is 93.6 Å². The van der Waals surface area contributed by atoms with E-state index in [9.17, 15) is 0 Å². The van der Waals surface area contributed by atoms with Crippen LogP contribution in [0.3, 0.4) is 0 Å². The number of rotatable bonds is 3. The molecule has 16 heavy (non-hydrogen) atoms. The van der Waals surface area contributed by atoms with E-state index in [2.05, 4.69) is 22.1 Å². The summed E-state index contributed by atoms with van der Waals surface area (Å²) in [7, 11) is 0. The van der Waals surface area contributed by atoms with Gasteiger partial charge in [-0.25, -0.2) is 0 Å². The van der Waals surface area contributed by atoms with E-state index < -0.39 is 0 Å².